The van der Waals surface area contributed by atoms with Crippen molar-refractivity contribution in [1.29, 1.82) is 0 Å². The zero-order chi connectivity index (χ0) is 12.7. The molecule has 0 saturated heterocycles. The maximum Gasteiger partial charge on any atom is 0.106 e. The molecule has 0 aliphatic carbocycles. The largest absolute Gasteiger partial charge is 0.389 e. The highest BCUT2D eigenvalue weighted by Gasteiger charge is 2.05. The van der Waals surface area contributed by atoms with E-state index in [-0.39, 0.29) is 0 Å². The number of anilines is 1. The lowest BCUT2D eigenvalue weighted by atomic mass is 10.1. The Morgan fingerprint density at radius 1 is 1.35 bits per heavy atom. The highest BCUT2D eigenvalue weighted by molar-refractivity contribution is 9.10. The molecule has 0 amide bonds. The lowest BCUT2D eigenvalue weighted by molar-refractivity contribution is 0.685. The van der Waals surface area contributed by atoms with Gasteiger partial charge < -0.3 is 11.1 Å². The van der Waals surface area contributed by atoms with E-state index < -0.39 is 0 Å². The first-order valence-corrected chi connectivity index (χ1v) is 7.18. The van der Waals surface area contributed by atoms with Crippen LogP contribution in [0.1, 0.15) is 38.2 Å². The number of unbranched alkanes of at least 4 members (excludes halogenated alkanes) is 3. The van der Waals surface area contributed by atoms with Crippen LogP contribution in [0.3, 0.4) is 0 Å². The summed E-state index contributed by atoms with van der Waals surface area (Å²) in [6, 6.07) is 5.96. The molecule has 0 spiro atoms. The molecule has 4 heteroatoms. The minimum absolute atomic E-state index is 0.433. The number of halogens is 1. The molecule has 0 atom stereocenters. The van der Waals surface area contributed by atoms with Gasteiger partial charge in [0.2, 0.25) is 0 Å². The summed E-state index contributed by atoms with van der Waals surface area (Å²) in [5.41, 5.74) is 7.64. The van der Waals surface area contributed by atoms with Gasteiger partial charge in [0.25, 0.3) is 0 Å². The highest BCUT2D eigenvalue weighted by Crippen LogP contribution is 2.21. The molecular formula is C13H19BrN2S. The van der Waals surface area contributed by atoms with E-state index in [4.69, 9.17) is 18.0 Å². The number of rotatable bonds is 7. The quantitative estimate of drug-likeness (QED) is 0.588. The van der Waals surface area contributed by atoms with Crippen LogP contribution in [0.25, 0.3) is 0 Å². The van der Waals surface area contributed by atoms with Crippen LogP contribution in [-0.2, 0) is 0 Å². The zero-order valence-corrected chi connectivity index (χ0v) is 12.5. The van der Waals surface area contributed by atoms with Gasteiger partial charge in [-0.05, 0) is 24.6 Å². The first kappa shape index (κ1) is 14.5. The van der Waals surface area contributed by atoms with Crippen LogP contribution < -0.4 is 11.1 Å². The fourth-order valence-electron chi connectivity index (χ4n) is 1.65. The van der Waals surface area contributed by atoms with Gasteiger partial charge in [-0.1, -0.05) is 54.3 Å². The summed E-state index contributed by atoms with van der Waals surface area (Å²) < 4.78 is 0.997. The Hall–Kier alpha value is -0.610. The second kappa shape index (κ2) is 7.67. The molecule has 1 aromatic rings. The fourth-order valence-corrected chi connectivity index (χ4v) is 2.18. The molecular weight excluding hydrogens is 296 g/mol. The van der Waals surface area contributed by atoms with Crippen LogP contribution in [0.4, 0.5) is 5.69 Å². The minimum atomic E-state index is 0.433. The van der Waals surface area contributed by atoms with Gasteiger partial charge in [-0.3, -0.25) is 0 Å². The van der Waals surface area contributed by atoms with Crippen molar-refractivity contribution in [3.05, 3.63) is 28.2 Å². The van der Waals surface area contributed by atoms with Crippen LogP contribution in [0, 0.1) is 0 Å². The maximum atomic E-state index is 5.71. The zero-order valence-electron chi connectivity index (χ0n) is 10.1. The summed E-state index contributed by atoms with van der Waals surface area (Å²) in [6.07, 6.45) is 5.00. The Bertz CT molecular complexity index is 380. The lowest BCUT2D eigenvalue weighted by Gasteiger charge is -2.11. The van der Waals surface area contributed by atoms with Crippen molar-refractivity contribution in [3.63, 3.8) is 0 Å². The molecule has 2 nitrogen and oxygen atoms in total. The summed E-state index contributed by atoms with van der Waals surface area (Å²) in [4.78, 5) is 0.433. The van der Waals surface area contributed by atoms with E-state index in [9.17, 15) is 0 Å². The third-order valence-electron chi connectivity index (χ3n) is 2.59. The number of nitrogens with two attached hydrogens (primary N) is 1. The van der Waals surface area contributed by atoms with Gasteiger partial charge in [-0.2, -0.15) is 0 Å². The Morgan fingerprint density at radius 2 is 2.12 bits per heavy atom. The van der Waals surface area contributed by atoms with Gasteiger partial charge in [0.05, 0.1) is 0 Å². The second-order valence-electron chi connectivity index (χ2n) is 4.04. The molecule has 0 aromatic heterocycles. The van der Waals surface area contributed by atoms with Crippen LogP contribution in [-0.4, -0.2) is 11.5 Å². The van der Waals surface area contributed by atoms with Gasteiger partial charge in [0, 0.05) is 22.3 Å². The van der Waals surface area contributed by atoms with E-state index in [1.165, 1.54) is 25.7 Å². The van der Waals surface area contributed by atoms with Gasteiger partial charge in [0.15, 0.2) is 0 Å². The van der Waals surface area contributed by atoms with Crippen LogP contribution in [0.15, 0.2) is 22.7 Å². The number of hydrogen-bond donors (Lipinski definition) is 2. The van der Waals surface area contributed by atoms with Gasteiger partial charge in [-0.25, -0.2) is 0 Å². The van der Waals surface area contributed by atoms with Crippen molar-refractivity contribution >= 4 is 38.8 Å². The molecule has 3 N–H and O–H groups in total. The summed E-state index contributed by atoms with van der Waals surface area (Å²) in [7, 11) is 0. The van der Waals surface area contributed by atoms with Crippen molar-refractivity contribution in [3.8, 4) is 0 Å². The predicted octanol–water partition coefficient (Wildman–Crippen LogP) is 4.08. The monoisotopic (exact) mass is 314 g/mol. The minimum Gasteiger partial charge on any atom is -0.389 e. The average molecular weight is 315 g/mol. The molecule has 0 aliphatic rings. The molecule has 94 valence electrons. The summed E-state index contributed by atoms with van der Waals surface area (Å²) in [5.74, 6) is 0. The smallest absolute Gasteiger partial charge is 0.106 e. The maximum absolute atomic E-state index is 5.71. The van der Waals surface area contributed by atoms with Crippen LogP contribution in [0.2, 0.25) is 0 Å². The topological polar surface area (TPSA) is 38.0 Å². The van der Waals surface area contributed by atoms with Crippen LogP contribution in [0.5, 0.6) is 0 Å². The Balaban J connectivity index is 2.55. The van der Waals surface area contributed by atoms with Crippen molar-refractivity contribution < 1.29 is 0 Å². The molecule has 0 fully saturated rings. The predicted molar refractivity (Wildman–Crippen MR) is 82.7 cm³/mol. The Kier molecular flexibility index (Phi) is 6.52. The molecule has 0 aliphatic heterocycles. The van der Waals surface area contributed by atoms with Crippen LogP contribution >= 0.6 is 28.1 Å². The summed E-state index contributed by atoms with van der Waals surface area (Å²) in [6.45, 7) is 3.18. The molecule has 0 bridgehead atoms. The summed E-state index contributed by atoms with van der Waals surface area (Å²) >= 11 is 8.47. The molecule has 0 heterocycles. The number of hydrogen-bond acceptors (Lipinski definition) is 2. The van der Waals surface area contributed by atoms with E-state index in [0.29, 0.717) is 4.99 Å². The van der Waals surface area contributed by atoms with Crippen molar-refractivity contribution in [1.82, 2.24) is 0 Å². The standard InChI is InChI=1S/C13H19BrN2S/c1-2-3-4-5-8-16-12-7-6-10(14)9-11(12)13(15)17/h6-7,9,16H,2-5,8H2,1H3,(H2,15,17). The SMILES string of the molecule is CCCCCCNc1ccc(Br)cc1C(N)=S. The van der Waals surface area contributed by atoms with E-state index in [1.807, 2.05) is 18.2 Å². The molecule has 1 rings (SSSR count). The fraction of sp³-hybridized carbons (Fsp3) is 0.462. The van der Waals surface area contributed by atoms with Gasteiger partial charge in [0.1, 0.15) is 4.99 Å². The van der Waals surface area contributed by atoms with Crippen molar-refractivity contribution in [2.24, 2.45) is 5.73 Å². The first-order valence-electron chi connectivity index (χ1n) is 5.98. The van der Waals surface area contributed by atoms with E-state index >= 15 is 0 Å². The number of thiocarbonyl (C=S) groups is 1. The van der Waals surface area contributed by atoms with Gasteiger partial charge >= 0.3 is 0 Å². The number of benzene rings is 1. The van der Waals surface area contributed by atoms with Crippen molar-refractivity contribution in [2.45, 2.75) is 32.6 Å². The molecule has 1 aromatic carbocycles. The van der Waals surface area contributed by atoms with E-state index in [1.54, 1.807) is 0 Å². The molecule has 0 saturated carbocycles. The third kappa shape index (κ3) is 5.04. The number of nitrogens with one attached hydrogen (secondary N) is 1. The van der Waals surface area contributed by atoms with E-state index in [2.05, 4.69) is 28.2 Å². The third-order valence-corrected chi connectivity index (χ3v) is 3.31. The Labute approximate surface area is 117 Å². The lowest BCUT2D eigenvalue weighted by Crippen LogP contribution is -2.13. The highest BCUT2D eigenvalue weighted by atomic mass is 79.9. The first-order chi connectivity index (χ1) is 8.15. The molecule has 17 heavy (non-hydrogen) atoms. The molecule has 0 radical (unpaired) electrons. The second-order valence-corrected chi connectivity index (χ2v) is 5.40. The molecule has 0 unspecified atom stereocenters. The van der Waals surface area contributed by atoms with E-state index in [0.717, 1.165) is 22.3 Å². The normalized spacial score (nSPS) is 10.2. The van der Waals surface area contributed by atoms with Crippen molar-refractivity contribution in [2.75, 3.05) is 11.9 Å². The van der Waals surface area contributed by atoms with Gasteiger partial charge in [-0.15, -0.1) is 0 Å². The average Bonchev–Trinajstić information content (AvgIpc) is 2.30. The summed E-state index contributed by atoms with van der Waals surface area (Å²) in [5, 5.41) is 3.39. The Morgan fingerprint density at radius 3 is 2.76 bits per heavy atom.